The number of rotatable bonds is 4. The summed E-state index contributed by atoms with van der Waals surface area (Å²) in [7, 11) is 1.74. The van der Waals surface area contributed by atoms with Gasteiger partial charge in [0.2, 0.25) is 5.78 Å². The number of aryl methyl sites for hydroxylation is 1. The lowest BCUT2D eigenvalue weighted by Crippen LogP contribution is -2.10. The van der Waals surface area contributed by atoms with Crippen molar-refractivity contribution < 1.29 is 9.53 Å². The Hall–Kier alpha value is -1.62. The van der Waals surface area contributed by atoms with Gasteiger partial charge in [-0.3, -0.25) is 9.48 Å². The van der Waals surface area contributed by atoms with Gasteiger partial charge in [0.15, 0.2) is 0 Å². The summed E-state index contributed by atoms with van der Waals surface area (Å²) in [5.41, 5.74) is 1.06. The van der Waals surface area contributed by atoms with Crippen LogP contribution < -0.4 is 4.74 Å². The Kier molecular flexibility index (Phi) is 3.81. The largest absolute Gasteiger partial charge is 0.493 e. The number of aromatic nitrogens is 2. The number of hydrogen-bond donors (Lipinski definition) is 0. The zero-order valence-corrected chi connectivity index (χ0v) is 11.8. The Morgan fingerprint density at radius 2 is 2.17 bits per heavy atom. The molecule has 0 aliphatic heterocycles. The van der Waals surface area contributed by atoms with E-state index in [4.69, 9.17) is 4.74 Å². The Labute approximate surface area is 114 Å². The van der Waals surface area contributed by atoms with Gasteiger partial charge in [0.25, 0.3) is 0 Å². The quantitative estimate of drug-likeness (QED) is 0.816. The van der Waals surface area contributed by atoms with Crippen molar-refractivity contribution in [1.82, 2.24) is 9.78 Å². The lowest BCUT2D eigenvalue weighted by atomic mass is 10.1. The molecule has 2 aromatic rings. The van der Waals surface area contributed by atoms with Crippen LogP contribution in [0.15, 0.2) is 34.9 Å². The Balaban J connectivity index is 2.46. The molecule has 2 rings (SSSR count). The van der Waals surface area contributed by atoms with E-state index < -0.39 is 0 Å². The molecule has 0 saturated carbocycles. The normalized spacial score (nSPS) is 10.4. The first-order chi connectivity index (χ1) is 8.65. The first-order valence-electron chi connectivity index (χ1n) is 5.59. The van der Waals surface area contributed by atoms with Crippen LogP contribution in [0.1, 0.15) is 23.0 Å². The SMILES string of the molecule is CCOc1ccccc1C(=O)c1c(Br)cnn1C. The van der Waals surface area contributed by atoms with Gasteiger partial charge in [-0.25, -0.2) is 0 Å². The molecule has 0 unspecified atom stereocenters. The van der Waals surface area contributed by atoms with Gasteiger partial charge in [-0.15, -0.1) is 0 Å². The maximum absolute atomic E-state index is 12.5. The number of para-hydroxylation sites is 1. The number of ketones is 1. The van der Waals surface area contributed by atoms with E-state index in [0.717, 1.165) is 0 Å². The molecule has 94 valence electrons. The second-order valence-corrected chi connectivity index (χ2v) is 4.58. The van der Waals surface area contributed by atoms with E-state index in [1.165, 1.54) is 0 Å². The zero-order chi connectivity index (χ0) is 13.1. The first-order valence-corrected chi connectivity index (χ1v) is 6.38. The summed E-state index contributed by atoms with van der Waals surface area (Å²) >= 11 is 3.33. The molecule has 0 saturated heterocycles. The van der Waals surface area contributed by atoms with E-state index in [1.54, 1.807) is 30.1 Å². The van der Waals surface area contributed by atoms with Crippen LogP contribution in [0.5, 0.6) is 5.75 Å². The van der Waals surface area contributed by atoms with Gasteiger partial charge in [-0.1, -0.05) is 12.1 Å². The number of carbonyl (C=O) groups excluding carboxylic acids is 1. The molecule has 4 nitrogen and oxygen atoms in total. The molecule has 0 aliphatic carbocycles. The van der Waals surface area contributed by atoms with E-state index >= 15 is 0 Å². The third-order valence-electron chi connectivity index (χ3n) is 2.54. The molecule has 1 heterocycles. The van der Waals surface area contributed by atoms with E-state index in [9.17, 15) is 4.79 Å². The summed E-state index contributed by atoms with van der Waals surface area (Å²) < 4.78 is 7.70. The number of ether oxygens (including phenoxy) is 1. The van der Waals surface area contributed by atoms with Gasteiger partial charge in [0.1, 0.15) is 11.4 Å². The minimum Gasteiger partial charge on any atom is -0.493 e. The molecule has 0 bridgehead atoms. The van der Waals surface area contributed by atoms with E-state index in [1.807, 2.05) is 19.1 Å². The molecular formula is C13H13BrN2O2. The van der Waals surface area contributed by atoms with Crippen LogP contribution in [0.4, 0.5) is 0 Å². The molecule has 1 aromatic carbocycles. The van der Waals surface area contributed by atoms with Crippen LogP contribution in [0.25, 0.3) is 0 Å². The summed E-state index contributed by atoms with van der Waals surface area (Å²) in [6.07, 6.45) is 1.61. The molecule has 0 aliphatic rings. The second-order valence-electron chi connectivity index (χ2n) is 3.72. The van der Waals surface area contributed by atoms with Crippen LogP contribution in [-0.2, 0) is 7.05 Å². The summed E-state index contributed by atoms with van der Waals surface area (Å²) in [6, 6.07) is 7.22. The van der Waals surface area contributed by atoms with Crippen LogP contribution in [-0.4, -0.2) is 22.2 Å². The fourth-order valence-electron chi connectivity index (χ4n) is 1.73. The van der Waals surface area contributed by atoms with Crippen LogP contribution in [0.3, 0.4) is 0 Å². The maximum Gasteiger partial charge on any atom is 0.215 e. The molecule has 0 radical (unpaired) electrons. The standard InChI is InChI=1S/C13H13BrN2O2/c1-3-18-11-7-5-4-6-9(11)13(17)12-10(14)8-15-16(12)2/h4-8H,3H2,1-2H3. The van der Waals surface area contributed by atoms with Crippen LogP contribution >= 0.6 is 15.9 Å². The first kappa shape index (κ1) is 12.8. The van der Waals surface area contributed by atoms with Crippen LogP contribution in [0.2, 0.25) is 0 Å². The third kappa shape index (κ3) is 2.31. The van der Waals surface area contributed by atoms with Crippen LogP contribution in [0, 0.1) is 0 Å². The number of carbonyl (C=O) groups is 1. The fourth-order valence-corrected chi connectivity index (χ4v) is 2.26. The maximum atomic E-state index is 12.5. The zero-order valence-electron chi connectivity index (χ0n) is 10.2. The Morgan fingerprint density at radius 3 is 2.78 bits per heavy atom. The van der Waals surface area contributed by atoms with Crippen molar-refractivity contribution in [2.75, 3.05) is 6.61 Å². The van der Waals surface area contributed by atoms with Crippen molar-refractivity contribution in [2.24, 2.45) is 7.05 Å². The number of benzene rings is 1. The summed E-state index contributed by atoms with van der Waals surface area (Å²) in [5, 5.41) is 4.05. The lowest BCUT2D eigenvalue weighted by molar-refractivity contribution is 0.102. The highest BCUT2D eigenvalue weighted by Crippen LogP contribution is 2.25. The minimum absolute atomic E-state index is 0.106. The molecule has 18 heavy (non-hydrogen) atoms. The van der Waals surface area contributed by atoms with Crippen molar-refractivity contribution in [2.45, 2.75) is 6.92 Å². The topological polar surface area (TPSA) is 44.1 Å². The average molecular weight is 309 g/mol. The summed E-state index contributed by atoms with van der Waals surface area (Å²) in [6.45, 7) is 2.41. The van der Waals surface area contributed by atoms with Gasteiger partial charge >= 0.3 is 0 Å². The predicted octanol–water partition coefficient (Wildman–Crippen LogP) is 2.81. The van der Waals surface area contributed by atoms with E-state index in [-0.39, 0.29) is 5.78 Å². The molecule has 0 amide bonds. The Bertz CT molecular complexity index is 559. The van der Waals surface area contributed by atoms with Gasteiger partial charge in [-0.2, -0.15) is 5.10 Å². The highest BCUT2D eigenvalue weighted by molar-refractivity contribution is 9.10. The fraction of sp³-hybridized carbons (Fsp3) is 0.231. The molecule has 0 N–H and O–H groups in total. The smallest absolute Gasteiger partial charge is 0.215 e. The Morgan fingerprint density at radius 1 is 1.44 bits per heavy atom. The number of nitrogens with zero attached hydrogens (tertiary/aromatic N) is 2. The molecule has 0 atom stereocenters. The second kappa shape index (κ2) is 5.35. The molecule has 5 heteroatoms. The number of hydrogen-bond acceptors (Lipinski definition) is 3. The lowest BCUT2D eigenvalue weighted by Gasteiger charge is -2.09. The summed E-state index contributed by atoms with van der Waals surface area (Å²) in [5.74, 6) is 0.490. The van der Waals surface area contributed by atoms with Crippen molar-refractivity contribution >= 4 is 21.7 Å². The molecular weight excluding hydrogens is 296 g/mol. The van der Waals surface area contributed by atoms with Gasteiger partial charge in [0, 0.05) is 7.05 Å². The monoisotopic (exact) mass is 308 g/mol. The predicted molar refractivity (Wildman–Crippen MR) is 72.0 cm³/mol. The highest BCUT2D eigenvalue weighted by Gasteiger charge is 2.20. The molecule has 0 spiro atoms. The highest BCUT2D eigenvalue weighted by atomic mass is 79.9. The number of halogens is 1. The molecule has 0 fully saturated rings. The van der Waals surface area contributed by atoms with Crippen molar-refractivity contribution in [3.63, 3.8) is 0 Å². The van der Waals surface area contributed by atoms with Crippen molar-refractivity contribution in [3.05, 3.63) is 46.2 Å². The minimum atomic E-state index is -0.106. The van der Waals surface area contributed by atoms with E-state index in [0.29, 0.717) is 28.1 Å². The molecule has 1 aromatic heterocycles. The third-order valence-corrected chi connectivity index (χ3v) is 3.12. The van der Waals surface area contributed by atoms with Crippen molar-refractivity contribution in [3.8, 4) is 5.75 Å². The average Bonchev–Trinajstić information content (AvgIpc) is 2.69. The van der Waals surface area contributed by atoms with Gasteiger partial charge in [-0.05, 0) is 35.0 Å². The van der Waals surface area contributed by atoms with E-state index in [2.05, 4.69) is 21.0 Å². The summed E-state index contributed by atoms with van der Waals surface area (Å²) in [4.78, 5) is 12.5. The van der Waals surface area contributed by atoms with Gasteiger partial charge < -0.3 is 4.74 Å². The van der Waals surface area contributed by atoms with Gasteiger partial charge in [0.05, 0.1) is 22.8 Å². The van der Waals surface area contributed by atoms with Crippen molar-refractivity contribution in [1.29, 1.82) is 0 Å².